The first-order valence-corrected chi connectivity index (χ1v) is 5.27. The monoisotopic (exact) mass is 196 g/mol. The summed E-state index contributed by atoms with van der Waals surface area (Å²) in [6, 6.07) is 0. The van der Waals surface area contributed by atoms with E-state index in [0.717, 1.165) is 32.1 Å². The Balaban J connectivity index is 3.10. The summed E-state index contributed by atoms with van der Waals surface area (Å²) in [7, 11) is 0. The highest BCUT2D eigenvalue weighted by Gasteiger charge is 1.95. The van der Waals surface area contributed by atoms with E-state index in [9.17, 15) is 4.79 Å². The van der Waals surface area contributed by atoms with Crippen LogP contribution in [0.2, 0.25) is 0 Å². The third-order valence-corrected chi connectivity index (χ3v) is 1.95. The molecule has 0 heterocycles. The van der Waals surface area contributed by atoms with Crippen LogP contribution in [-0.4, -0.2) is 11.1 Å². The Morgan fingerprint density at radius 3 is 2.50 bits per heavy atom. The van der Waals surface area contributed by atoms with Gasteiger partial charge in [-0.2, -0.15) is 0 Å². The van der Waals surface area contributed by atoms with Crippen LogP contribution >= 0.6 is 0 Å². The van der Waals surface area contributed by atoms with Gasteiger partial charge in [0.15, 0.2) is 0 Å². The van der Waals surface area contributed by atoms with E-state index in [1.54, 1.807) is 0 Å². The minimum Gasteiger partial charge on any atom is -0.481 e. The molecule has 0 aromatic carbocycles. The van der Waals surface area contributed by atoms with Crippen molar-refractivity contribution in [2.24, 2.45) is 0 Å². The first-order valence-electron chi connectivity index (χ1n) is 5.27. The zero-order valence-corrected chi connectivity index (χ0v) is 8.91. The molecule has 0 aromatic heterocycles. The summed E-state index contributed by atoms with van der Waals surface area (Å²) in [5.74, 6) is -0.682. The summed E-state index contributed by atoms with van der Waals surface area (Å²) in [5, 5.41) is 8.39. The number of hydrogen-bond acceptors (Lipinski definition) is 1. The van der Waals surface area contributed by atoms with E-state index in [2.05, 4.69) is 12.2 Å². The van der Waals surface area contributed by atoms with Crippen molar-refractivity contribution < 1.29 is 9.90 Å². The molecule has 0 aliphatic heterocycles. The normalized spacial score (nSPS) is 11.5. The Kier molecular flexibility index (Phi) is 9.28. The lowest BCUT2D eigenvalue weighted by Gasteiger charge is -1.96. The van der Waals surface area contributed by atoms with E-state index in [1.165, 1.54) is 0 Å². The van der Waals surface area contributed by atoms with Crippen LogP contribution in [0.1, 0.15) is 45.4 Å². The molecule has 80 valence electrons. The van der Waals surface area contributed by atoms with Crippen LogP contribution in [0.15, 0.2) is 24.3 Å². The van der Waals surface area contributed by atoms with Gasteiger partial charge in [0.2, 0.25) is 0 Å². The maximum atomic E-state index is 10.2. The van der Waals surface area contributed by atoms with Crippen LogP contribution in [0.5, 0.6) is 0 Å². The third kappa shape index (κ3) is 11.0. The average Bonchev–Trinajstić information content (AvgIpc) is 2.15. The summed E-state index contributed by atoms with van der Waals surface area (Å²) >= 11 is 0. The molecule has 1 N–H and O–H groups in total. The Hall–Kier alpha value is -1.05. The summed E-state index contributed by atoms with van der Waals surface area (Å²) < 4.78 is 0. The van der Waals surface area contributed by atoms with Gasteiger partial charge in [-0.05, 0) is 26.2 Å². The Labute approximate surface area is 86.3 Å². The second-order valence-electron chi connectivity index (χ2n) is 3.30. The lowest BCUT2D eigenvalue weighted by Crippen LogP contribution is -1.93. The van der Waals surface area contributed by atoms with Crippen LogP contribution < -0.4 is 0 Å². The second kappa shape index (κ2) is 10.0. The minimum absolute atomic E-state index is 0.314. The van der Waals surface area contributed by atoms with Gasteiger partial charge >= 0.3 is 5.97 Å². The molecule has 0 saturated heterocycles. The number of allylic oxidation sites excluding steroid dienone is 4. The topological polar surface area (TPSA) is 37.3 Å². The lowest BCUT2D eigenvalue weighted by atomic mass is 10.1. The number of aliphatic carboxylic acids is 1. The van der Waals surface area contributed by atoms with Gasteiger partial charge in [0.05, 0.1) is 0 Å². The summed E-state index contributed by atoms with van der Waals surface area (Å²) in [6.45, 7) is 2.00. The maximum absolute atomic E-state index is 10.2. The number of rotatable bonds is 8. The zero-order chi connectivity index (χ0) is 10.6. The fourth-order valence-corrected chi connectivity index (χ4v) is 1.18. The smallest absolute Gasteiger partial charge is 0.303 e. The number of carboxylic acid groups (broad SMARTS) is 1. The van der Waals surface area contributed by atoms with Crippen molar-refractivity contribution in [3.8, 4) is 0 Å². The summed E-state index contributed by atoms with van der Waals surface area (Å²) in [6.07, 6.45) is 13.8. The molecule has 0 saturated carbocycles. The molecule has 0 amide bonds. The van der Waals surface area contributed by atoms with Crippen molar-refractivity contribution in [1.82, 2.24) is 0 Å². The van der Waals surface area contributed by atoms with E-state index in [0.29, 0.717) is 6.42 Å². The summed E-state index contributed by atoms with van der Waals surface area (Å²) in [5.41, 5.74) is 0. The van der Waals surface area contributed by atoms with Crippen molar-refractivity contribution >= 4 is 5.97 Å². The highest BCUT2D eigenvalue weighted by Crippen LogP contribution is 2.05. The van der Waals surface area contributed by atoms with Crippen LogP contribution in [-0.2, 0) is 4.79 Å². The molecule has 0 aliphatic rings. The van der Waals surface area contributed by atoms with Crippen molar-refractivity contribution in [2.75, 3.05) is 0 Å². The minimum atomic E-state index is -0.682. The second-order valence-corrected chi connectivity index (χ2v) is 3.30. The van der Waals surface area contributed by atoms with Gasteiger partial charge < -0.3 is 5.11 Å². The molecule has 0 spiro atoms. The first-order chi connectivity index (χ1) is 6.77. The molecule has 2 heteroatoms. The van der Waals surface area contributed by atoms with E-state index in [1.807, 2.05) is 19.1 Å². The van der Waals surface area contributed by atoms with Gasteiger partial charge in [-0.3, -0.25) is 4.79 Å². The molecule has 0 aromatic rings. The summed E-state index contributed by atoms with van der Waals surface area (Å²) in [4.78, 5) is 10.2. The Morgan fingerprint density at radius 2 is 1.86 bits per heavy atom. The number of unbranched alkanes of at least 4 members (excludes halogenated alkanes) is 4. The predicted molar refractivity (Wildman–Crippen MR) is 59.3 cm³/mol. The molecule has 14 heavy (non-hydrogen) atoms. The molecule has 0 rings (SSSR count). The van der Waals surface area contributed by atoms with E-state index >= 15 is 0 Å². The van der Waals surface area contributed by atoms with Gasteiger partial charge in [0.1, 0.15) is 0 Å². The van der Waals surface area contributed by atoms with Crippen molar-refractivity contribution in [1.29, 1.82) is 0 Å². The van der Waals surface area contributed by atoms with Crippen LogP contribution in [0.25, 0.3) is 0 Å². The third-order valence-electron chi connectivity index (χ3n) is 1.95. The fraction of sp³-hybridized carbons (Fsp3) is 0.583. The number of carbonyl (C=O) groups is 1. The molecular weight excluding hydrogens is 176 g/mol. The maximum Gasteiger partial charge on any atom is 0.303 e. The largest absolute Gasteiger partial charge is 0.481 e. The standard InChI is InChI=1S/C12H20O2/c1-2-3-4-5-6-7-8-9-10-11-12(13)14/h2-5H,6-11H2,1H3,(H,13,14). The van der Waals surface area contributed by atoms with Gasteiger partial charge in [-0.1, -0.05) is 37.1 Å². The molecule has 0 unspecified atom stereocenters. The SMILES string of the molecule is CC=CC=CCCCCCCC(=O)O. The Bertz CT molecular complexity index is 192. The quantitative estimate of drug-likeness (QED) is 0.476. The van der Waals surface area contributed by atoms with Crippen molar-refractivity contribution in [2.45, 2.75) is 45.4 Å². The molecule has 0 bridgehead atoms. The average molecular weight is 196 g/mol. The van der Waals surface area contributed by atoms with Gasteiger partial charge in [-0.15, -0.1) is 0 Å². The number of hydrogen-bond donors (Lipinski definition) is 1. The highest BCUT2D eigenvalue weighted by molar-refractivity contribution is 5.66. The van der Waals surface area contributed by atoms with E-state index < -0.39 is 5.97 Å². The van der Waals surface area contributed by atoms with Gasteiger partial charge in [-0.25, -0.2) is 0 Å². The van der Waals surface area contributed by atoms with Crippen LogP contribution in [0.4, 0.5) is 0 Å². The highest BCUT2D eigenvalue weighted by atomic mass is 16.4. The number of carboxylic acids is 1. The molecule has 0 radical (unpaired) electrons. The molecular formula is C12H20O2. The van der Waals surface area contributed by atoms with Gasteiger partial charge in [0.25, 0.3) is 0 Å². The Morgan fingerprint density at radius 1 is 1.14 bits per heavy atom. The first kappa shape index (κ1) is 12.9. The van der Waals surface area contributed by atoms with Crippen LogP contribution in [0.3, 0.4) is 0 Å². The van der Waals surface area contributed by atoms with Crippen LogP contribution in [0, 0.1) is 0 Å². The predicted octanol–water partition coefficient (Wildman–Crippen LogP) is 3.54. The van der Waals surface area contributed by atoms with E-state index in [-0.39, 0.29) is 0 Å². The van der Waals surface area contributed by atoms with E-state index in [4.69, 9.17) is 5.11 Å². The van der Waals surface area contributed by atoms with Gasteiger partial charge in [0, 0.05) is 6.42 Å². The van der Waals surface area contributed by atoms with Crippen molar-refractivity contribution in [3.63, 3.8) is 0 Å². The lowest BCUT2D eigenvalue weighted by molar-refractivity contribution is -0.137. The molecule has 2 nitrogen and oxygen atoms in total. The zero-order valence-electron chi connectivity index (χ0n) is 8.91. The molecule has 0 aliphatic carbocycles. The van der Waals surface area contributed by atoms with Crippen molar-refractivity contribution in [3.05, 3.63) is 24.3 Å². The molecule has 0 fully saturated rings. The molecule has 0 atom stereocenters. The fourth-order valence-electron chi connectivity index (χ4n) is 1.18.